The maximum absolute atomic E-state index is 11.9. The van der Waals surface area contributed by atoms with Gasteiger partial charge in [-0.2, -0.15) is 0 Å². The lowest BCUT2D eigenvalue weighted by Crippen LogP contribution is -2.23. The summed E-state index contributed by atoms with van der Waals surface area (Å²) >= 11 is 0. The molecule has 0 aliphatic carbocycles. The van der Waals surface area contributed by atoms with Gasteiger partial charge < -0.3 is 10.0 Å². The zero-order valence-corrected chi connectivity index (χ0v) is 12.0. The number of rotatable bonds is 6. The van der Waals surface area contributed by atoms with Gasteiger partial charge in [0.15, 0.2) is 0 Å². The molecule has 0 aliphatic heterocycles. The Balaban J connectivity index is 2.85. The second-order valence-corrected chi connectivity index (χ2v) is 6.50. The molecule has 0 fully saturated rings. The Labute approximate surface area is 113 Å². The number of aliphatic carboxylic acids is 1. The molecule has 1 N–H and O–H groups in total. The lowest BCUT2D eigenvalue weighted by molar-refractivity contribution is -0.136. The fourth-order valence-electron chi connectivity index (χ4n) is 1.48. The van der Waals surface area contributed by atoms with Crippen molar-refractivity contribution in [3.8, 4) is 0 Å². The number of carboxylic acid groups (broad SMARTS) is 1. The van der Waals surface area contributed by atoms with Gasteiger partial charge in [-0.25, -0.2) is 12.7 Å². The van der Waals surface area contributed by atoms with E-state index in [1.165, 1.54) is 26.2 Å². The highest BCUT2D eigenvalue weighted by atomic mass is 32.2. The number of hydrogen-bond acceptors (Lipinski definition) is 4. The quantitative estimate of drug-likeness (QED) is 0.838. The minimum atomic E-state index is -3.42. The lowest BCUT2D eigenvalue weighted by Gasteiger charge is -2.19. The monoisotopic (exact) mass is 286 g/mol. The van der Waals surface area contributed by atoms with E-state index in [0.717, 1.165) is 9.99 Å². The number of nitrogens with zero attached hydrogens (tertiary/aromatic N) is 2. The zero-order chi connectivity index (χ0) is 14.6. The van der Waals surface area contributed by atoms with E-state index >= 15 is 0 Å². The van der Waals surface area contributed by atoms with Gasteiger partial charge in [-0.3, -0.25) is 4.79 Å². The largest absolute Gasteiger partial charge is 0.481 e. The van der Waals surface area contributed by atoms with Crippen LogP contribution in [-0.4, -0.2) is 51.5 Å². The molecule has 1 rings (SSSR count). The summed E-state index contributed by atoms with van der Waals surface area (Å²) < 4.78 is 24.9. The molecule has 0 spiro atoms. The van der Waals surface area contributed by atoms with Gasteiger partial charge in [0.2, 0.25) is 10.0 Å². The predicted octanol–water partition coefficient (Wildman–Crippen LogP) is 0.848. The molecule has 106 valence electrons. The molecule has 0 atom stereocenters. The highest BCUT2D eigenvalue weighted by Crippen LogP contribution is 2.18. The van der Waals surface area contributed by atoms with Crippen molar-refractivity contribution < 1.29 is 18.3 Å². The van der Waals surface area contributed by atoms with Crippen LogP contribution in [0.25, 0.3) is 0 Å². The third-order valence-corrected chi connectivity index (χ3v) is 4.55. The highest BCUT2D eigenvalue weighted by molar-refractivity contribution is 7.89. The molecule has 0 unspecified atom stereocenters. The zero-order valence-electron chi connectivity index (χ0n) is 11.2. The molecule has 6 nitrogen and oxygen atoms in total. The molecule has 0 heterocycles. The van der Waals surface area contributed by atoms with Crippen LogP contribution in [-0.2, 0) is 14.8 Å². The number of anilines is 1. The molecule has 0 amide bonds. The van der Waals surface area contributed by atoms with Crippen molar-refractivity contribution in [2.45, 2.75) is 11.3 Å². The summed E-state index contributed by atoms with van der Waals surface area (Å²) in [5.74, 6) is -0.862. The fraction of sp³-hybridized carbons (Fsp3) is 0.417. The first-order valence-corrected chi connectivity index (χ1v) is 7.14. The first-order valence-electron chi connectivity index (χ1n) is 5.70. The molecule has 0 saturated heterocycles. The average molecular weight is 286 g/mol. The fourth-order valence-corrected chi connectivity index (χ4v) is 2.38. The van der Waals surface area contributed by atoms with Crippen molar-refractivity contribution in [3.63, 3.8) is 0 Å². The number of hydrogen-bond donors (Lipinski definition) is 1. The molecule has 7 heteroatoms. The molecule has 1 aromatic rings. The van der Waals surface area contributed by atoms with Crippen molar-refractivity contribution in [3.05, 3.63) is 24.3 Å². The van der Waals surface area contributed by atoms with E-state index in [4.69, 9.17) is 5.11 Å². The summed E-state index contributed by atoms with van der Waals surface area (Å²) in [7, 11) is 1.29. The number of carboxylic acids is 1. The smallest absolute Gasteiger partial charge is 0.305 e. The van der Waals surface area contributed by atoms with Crippen LogP contribution in [0, 0.1) is 0 Å². The van der Waals surface area contributed by atoms with Crippen molar-refractivity contribution in [2.75, 3.05) is 32.6 Å². The van der Waals surface area contributed by atoms with E-state index in [-0.39, 0.29) is 11.3 Å². The SMILES string of the molecule is CN(CCC(=O)O)c1ccc(S(=O)(=O)N(C)C)cc1. The normalized spacial score (nSPS) is 11.6. The van der Waals surface area contributed by atoms with E-state index in [1.807, 2.05) is 0 Å². The van der Waals surface area contributed by atoms with Gasteiger partial charge in [0.1, 0.15) is 0 Å². The van der Waals surface area contributed by atoms with E-state index in [1.54, 1.807) is 24.1 Å². The highest BCUT2D eigenvalue weighted by Gasteiger charge is 2.16. The van der Waals surface area contributed by atoms with Crippen LogP contribution in [0.3, 0.4) is 0 Å². The minimum absolute atomic E-state index is 0.0360. The van der Waals surface area contributed by atoms with Crippen molar-refractivity contribution >= 4 is 21.7 Å². The van der Waals surface area contributed by atoms with Crippen LogP contribution in [0.2, 0.25) is 0 Å². The molecule has 0 saturated carbocycles. The van der Waals surface area contributed by atoms with Gasteiger partial charge in [0.25, 0.3) is 0 Å². The van der Waals surface area contributed by atoms with Crippen molar-refractivity contribution in [2.24, 2.45) is 0 Å². The Hall–Kier alpha value is -1.60. The summed E-state index contributed by atoms with van der Waals surface area (Å²) in [6.07, 6.45) is 0.0360. The van der Waals surface area contributed by atoms with Crippen LogP contribution in [0.5, 0.6) is 0 Å². The summed E-state index contributed by atoms with van der Waals surface area (Å²) in [6, 6.07) is 6.36. The molecule has 0 radical (unpaired) electrons. The maximum Gasteiger partial charge on any atom is 0.305 e. The summed E-state index contributed by atoms with van der Waals surface area (Å²) in [6.45, 7) is 0.370. The molecule has 0 aromatic heterocycles. The van der Waals surface area contributed by atoms with Crippen LogP contribution in [0.4, 0.5) is 5.69 Å². The Bertz CT molecular complexity index is 537. The van der Waals surface area contributed by atoms with Crippen molar-refractivity contribution in [1.29, 1.82) is 0 Å². The van der Waals surface area contributed by atoms with Crippen LogP contribution < -0.4 is 4.90 Å². The molecular weight excluding hydrogens is 268 g/mol. The van der Waals surface area contributed by atoms with Gasteiger partial charge in [-0.1, -0.05) is 0 Å². The summed E-state index contributed by atoms with van der Waals surface area (Å²) in [5.41, 5.74) is 0.777. The molecule has 19 heavy (non-hydrogen) atoms. The number of carbonyl (C=O) groups is 1. The Kier molecular flexibility index (Phi) is 4.90. The van der Waals surface area contributed by atoms with E-state index in [9.17, 15) is 13.2 Å². The lowest BCUT2D eigenvalue weighted by atomic mass is 10.3. The topological polar surface area (TPSA) is 77.9 Å². The van der Waals surface area contributed by atoms with Crippen LogP contribution >= 0.6 is 0 Å². The van der Waals surface area contributed by atoms with E-state index in [0.29, 0.717) is 6.54 Å². The van der Waals surface area contributed by atoms with Crippen LogP contribution in [0.1, 0.15) is 6.42 Å². The van der Waals surface area contributed by atoms with Gasteiger partial charge in [-0.05, 0) is 24.3 Å². The summed E-state index contributed by atoms with van der Waals surface area (Å²) in [5, 5.41) is 8.61. The van der Waals surface area contributed by atoms with E-state index in [2.05, 4.69) is 0 Å². The molecule has 1 aromatic carbocycles. The van der Waals surface area contributed by atoms with Gasteiger partial charge in [-0.15, -0.1) is 0 Å². The second-order valence-electron chi connectivity index (χ2n) is 4.35. The van der Waals surface area contributed by atoms with Gasteiger partial charge in [0.05, 0.1) is 11.3 Å². The molecule has 0 aliphatic rings. The Morgan fingerprint density at radius 1 is 1.16 bits per heavy atom. The first-order chi connectivity index (χ1) is 8.75. The number of sulfonamides is 1. The van der Waals surface area contributed by atoms with Gasteiger partial charge >= 0.3 is 5.97 Å². The second kappa shape index (κ2) is 6.03. The molecular formula is C12H18N2O4S. The third-order valence-electron chi connectivity index (χ3n) is 2.72. The third kappa shape index (κ3) is 3.93. The Morgan fingerprint density at radius 3 is 2.11 bits per heavy atom. The predicted molar refractivity (Wildman–Crippen MR) is 72.8 cm³/mol. The average Bonchev–Trinajstić information content (AvgIpc) is 2.35. The number of benzene rings is 1. The van der Waals surface area contributed by atoms with Gasteiger partial charge in [0, 0.05) is 33.4 Å². The molecule has 0 bridgehead atoms. The van der Waals surface area contributed by atoms with Crippen molar-refractivity contribution in [1.82, 2.24) is 4.31 Å². The summed E-state index contributed by atoms with van der Waals surface area (Å²) in [4.78, 5) is 12.5. The standard InChI is InChI=1S/C12H18N2O4S/c1-13(2)19(17,18)11-6-4-10(5-7-11)14(3)9-8-12(15)16/h4-7H,8-9H2,1-3H3,(H,15,16). The Morgan fingerprint density at radius 2 is 1.68 bits per heavy atom. The maximum atomic E-state index is 11.9. The van der Waals surface area contributed by atoms with E-state index < -0.39 is 16.0 Å². The first kappa shape index (κ1) is 15.5. The minimum Gasteiger partial charge on any atom is -0.481 e. The van der Waals surface area contributed by atoms with Crippen LogP contribution in [0.15, 0.2) is 29.2 Å².